The van der Waals surface area contributed by atoms with Crippen molar-refractivity contribution >= 4 is 17.7 Å². The fraction of sp³-hybridized carbons (Fsp3) is 0.211. The number of aryl methyl sites for hydroxylation is 1. The Morgan fingerprint density at radius 1 is 1.15 bits per heavy atom. The molecule has 0 fully saturated rings. The summed E-state index contributed by atoms with van der Waals surface area (Å²) in [6.45, 7) is 2.15. The molecule has 0 atom stereocenters. The van der Waals surface area contributed by atoms with E-state index in [0.29, 0.717) is 11.0 Å². The molecule has 0 aliphatic carbocycles. The first kappa shape index (κ1) is 19.0. The van der Waals surface area contributed by atoms with E-state index in [1.165, 1.54) is 23.9 Å². The first-order valence-corrected chi connectivity index (χ1v) is 9.22. The number of benzene rings is 2. The quantitative estimate of drug-likeness (QED) is 0.610. The number of rotatable bonds is 7. The minimum Gasteiger partial charge on any atom is -0.481 e. The monoisotopic (exact) mass is 389 g/mol. The fourth-order valence-corrected chi connectivity index (χ4v) is 3.46. The van der Waals surface area contributed by atoms with Gasteiger partial charge in [-0.15, -0.1) is 10.2 Å². The SMILES string of the molecule is Cc1ccc(-c2nnc(SCc3cccc(F)c3F)n2CCC(=O)O)cc1. The number of carboxylic acids is 1. The highest BCUT2D eigenvalue weighted by Gasteiger charge is 2.17. The lowest BCUT2D eigenvalue weighted by atomic mass is 10.1. The van der Waals surface area contributed by atoms with Crippen molar-refractivity contribution in [2.75, 3.05) is 0 Å². The number of thioether (sulfide) groups is 1. The molecular formula is C19H17F2N3O2S. The summed E-state index contributed by atoms with van der Waals surface area (Å²) >= 11 is 1.18. The molecule has 1 heterocycles. The third kappa shape index (κ3) is 4.51. The number of hydrogen-bond donors (Lipinski definition) is 1. The first-order chi connectivity index (χ1) is 13.0. The Hall–Kier alpha value is -2.74. The molecule has 27 heavy (non-hydrogen) atoms. The van der Waals surface area contributed by atoms with Crippen LogP contribution in [0, 0.1) is 18.6 Å². The Bertz CT molecular complexity index is 958. The normalized spacial score (nSPS) is 10.9. The molecule has 0 amide bonds. The highest BCUT2D eigenvalue weighted by atomic mass is 32.2. The van der Waals surface area contributed by atoms with Gasteiger partial charge in [-0.1, -0.05) is 53.7 Å². The Morgan fingerprint density at radius 3 is 2.59 bits per heavy atom. The van der Waals surface area contributed by atoms with Gasteiger partial charge in [-0.3, -0.25) is 4.79 Å². The van der Waals surface area contributed by atoms with Gasteiger partial charge in [-0.25, -0.2) is 8.78 Å². The van der Waals surface area contributed by atoms with Crippen molar-refractivity contribution in [1.29, 1.82) is 0 Å². The van der Waals surface area contributed by atoms with Crippen LogP contribution < -0.4 is 0 Å². The summed E-state index contributed by atoms with van der Waals surface area (Å²) in [7, 11) is 0. The number of carbonyl (C=O) groups is 1. The van der Waals surface area contributed by atoms with Gasteiger partial charge < -0.3 is 9.67 Å². The van der Waals surface area contributed by atoms with E-state index in [9.17, 15) is 13.6 Å². The van der Waals surface area contributed by atoms with E-state index in [1.54, 1.807) is 4.57 Å². The summed E-state index contributed by atoms with van der Waals surface area (Å²) in [5, 5.41) is 17.8. The third-order valence-electron chi connectivity index (χ3n) is 3.96. The van der Waals surface area contributed by atoms with Crippen molar-refractivity contribution in [3.05, 3.63) is 65.2 Å². The summed E-state index contributed by atoms with van der Waals surface area (Å²) in [5.41, 5.74) is 2.11. The molecule has 3 rings (SSSR count). The lowest BCUT2D eigenvalue weighted by molar-refractivity contribution is -0.137. The highest BCUT2D eigenvalue weighted by molar-refractivity contribution is 7.98. The molecule has 0 aliphatic heterocycles. The second-order valence-corrected chi connectivity index (χ2v) is 6.91. The predicted octanol–water partition coefficient (Wildman–Crippen LogP) is 4.30. The maximum Gasteiger partial charge on any atom is 0.305 e. The zero-order valence-corrected chi connectivity index (χ0v) is 15.3. The second kappa shape index (κ2) is 8.30. The molecule has 0 bridgehead atoms. The Morgan fingerprint density at radius 2 is 1.89 bits per heavy atom. The average Bonchev–Trinajstić information content (AvgIpc) is 3.04. The summed E-state index contributed by atoms with van der Waals surface area (Å²) in [6.07, 6.45) is -0.0984. The van der Waals surface area contributed by atoms with E-state index >= 15 is 0 Å². The van der Waals surface area contributed by atoms with E-state index < -0.39 is 17.6 Å². The molecular weight excluding hydrogens is 372 g/mol. The lowest BCUT2D eigenvalue weighted by Crippen LogP contribution is -2.07. The number of aromatic nitrogens is 3. The Labute approximate surface area is 159 Å². The van der Waals surface area contributed by atoms with Crippen LogP contribution in [0.25, 0.3) is 11.4 Å². The van der Waals surface area contributed by atoms with Gasteiger partial charge >= 0.3 is 5.97 Å². The van der Waals surface area contributed by atoms with E-state index in [0.717, 1.165) is 17.2 Å². The molecule has 140 valence electrons. The van der Waals surface area contributed by atoms with Crippen LogP contribution >= 0.6 is 11.8 Å². The minimum atomic E-state index is -0.939. The molecule has 0 unspecified atom stereocenters. The zero-order valence-electron chi connectivity index (χ0n) is 14.5. The van der Waals surface area contributed by atoms with Crippen LogP contribution in [0.2, 0.25) is 0 Å². The van der Waals surface area contributed by atoms with Crippen LogP contribution in [0.3, 0.4) is 0 Å². The molecule has 5 nitrogen and oxygen atoms in total. The maximum atomic E-state index is 13.9. The van der Waals surface area contributed by atoms with E-state index in [2.05, 4.69) is 10.2 Å². The fourth-order valence-electron chi connectivity index (χ4n) is 2.52. The van der Waals surface area contributed by atoms with Crippen molar-refractivity contribution in [2.45, 2.75) is 30.8 Å². The van der Waals surface area contributed by atoms with Crippen LogP contribution in [0.1, 0.15) is 17.5 Å². The topological polar surface area (TPSA) is 68.0 Å². The second-order valence-electron chi connectivity index (χ2n) is 5.97. The van der Waals surface area contributed by atoms with Crippen LogP contribution in [0.5, 0.6) is 0 Å². The van der Waals surface area contributed by atoms with Gasteiger partial charge in [0.05, 0.1) is 6.42 Å². The molecule has 0 radical (unpaired) electrons. The van der Waals surface area contributed by atoms with Gasteiger partial charge in [0.15, 0.2) is 22.6 Å². The summed E-state index contributed by atoms with van der Waals surface area (Å²) in [4.78, 5) is 11.0. The van der Waals surface area contributed by atoms with Gasteiger partial charge in [-0.05, 0) is 13.0 Å². The highest BCUT2D eigenvalue weighted by Crippen LogP contribution is 2.28. The molecule has 0 saturated heterocycles. The molecule has 3 aromatic rings. The first-order valence-electron chi connectivity index (χ1n) is 8.23. The third-order valence-corrected chi connectivity index (χ3v) is 4.98. The number of nitrogens with zero attached hydrogens (tertiary/aromatic N) is 3. The summed E-state index contributed by atoms with van der Waals surface area (Å²) in [6, 6.07) is 11.6. The molecule has 1 N–H and O–H groups in total. The van der Waals surface area contributed by atoms with Gasteiger partial charge in [-0.2, -0.15) is 0 Å². The van der Waals surface area contributed by atoms with Gasteiger partial charge in [0.25, 0.3) is 0 Å². The number of aliphatic carboxylic acids is 1. The number of carboxylic acid groups (broad SMARTS) is 1. The zero-order chi connectivity index (χ0) is 19.4. The largest absolute Gasteiger partial charge is 0.481 e. The summed E-state index contributed by atoms with van der Waals surface area (Å²) in [5.74, 6) is -2.03. The van der Waals surface area contributed by atoms with E-state index in [-0.39, 0.29) is 24.3 Å². The van der Waals surface area contributed by atoms with Crippen LogP contribution in [0.4, 0.5) is 8.78 Å². The van der Waals surface area contributed by atoms with Crippen LogP contribution in [0.15, 0.2) is 47.6 Å². The van der Waals surface area contributed by atoms with Gasteiger partial charge in [0.2, 0.25) is 0 Å². The van der Waals surface area contributed by atoms with Crippen molar-refractivity contribution in [3.63, 3.8) is 0 Å². The molecule has 0 aliphatic rings. The molecule has 1 aromatic heterocycles. The molecule has 2 aromatic carbocycles. The van der Waals surface area contributed by atoms with Crippen LogP contribution in [-0.2, 0) is 17.1 Å². The van der Waals surface area contributed by atoms with Gasteiger partial charge in [0, 0.05) is 23.4 Å². The van der Waals surface area contributed by atoms with Crippen molar-refractivity contribution in [2.24, 2.45) is 0 Å². The standard InChI is InChI=1S/C19H17F2N3O2S/c1-12-5-7-13(8-6-12)18-22-23-19(24(18)10-9-16(25)26)27-11-14-3-2-4-15(20)17(14)21/h2-8H,9-11H2,1H3,(H,25,26). The molecule has 0 spiro atoms. The van der Waals surface area contributed by atoms with E-state index in [4.69, 9.17) is 5.11 Å². The molecule has 8 heteroatoms. The molecule has 0 saturated carbocycles. The number of hydrogen-bond acceptors (Lipinski definition) is 4. The smallest absolute Gasteiger partial charge is 0.305 e. The predicted molar refractivity (Wildman–Crippen MR) is 98.4 cm³/mol. The van der Waals surface area contributed by atoms with Crippen molar-refractivity contribution in [3.8, 4) is 11.4 Å². The van der Waals surface area contributed by atoms with Gasteiger partial charge in [0.1, 0.15) is 0 Å². The lowest BCUT2D eigenvalue weighted by Gasteiger charge is -2.09. The van der Waals surface area contributed by atoms with Crippen molar-refractivity contribution < 1.29 is 18.7 Å². The van der Waals surface area contributed by atoms with E-state index in [1.807, 2.05) is 31.2 Å². The Balaban J connectivity index is 1.88. The maximum absolute atomic E-state index is 13.9. The summed E-state index contributed by atoms with van der Waals surface area (Å²) < 4.78 is 28.9. The average molecular weight is 389 g/mol. The van der Waals surface area contributed by atoms with Crippen LogP contribution in [-0.4, -0.2) is 25.8 Å². The minimum absolute atomic E-state index is 0.0984. The van der Waals surface area contributed by atoms with Crippen molar-refractivity contribution in [1.82, 2.24) is 14.8 Å². The Kier molecular flexibility index (Phi) is 5.85. The number of halogens is 2.